The number of para-hydroxylation sites is 1. The quantitative estimate of drug-likeness (QED) is 0.432. The Morgan fingerprint density at radius 3 is 2.28 bits per heavy atom. The van der Waals surface area contributed by atoms with E-state index < -0.39 is 18.5 Å². The number of ether oxygens (including phenoxy) is 1. The first-order chi connectivity index (χ1) is 15.6. The molecule has 0 saturated carbocycles. The summed E-state index contributed by atoms with van der Waals surface area (Å²) >= 11 is 6.08. The number of halogens is 1. The van der Waals surface area contributed by atoms with Gasteiger partial charge in [0.05, 0.1) is 5.69 Å². The molecule has 4 rings (SSSR count). The summed E-state index contributed by atoms with van der Waals surface area (Å²) < 4.78 is 6.70. The summed E-state index contributed by atoms with van der Waals surface area (Å²) in [6, 6.07) is 25.9. The van der Waals surface area contributed by atoms with E-state index in [-0.39, 0.29) is 12.4 Å². The van der Waals surface area contributed by atoms with E-state index in [2.05, 4.69) is 15.4 Å². The van der Waals surface area contributed by atoms with Crippen LogP contribution in [-0.4, -0.2) is 33.2 Å². The van der Waals surface area contributed by atoms with Crippen molar-refractivity contribution in [2.45, 2.75) is 6.54 Å². The van der Waals surface area contributed by atoms with E-state index in [1.807, 2.05) is 66.7 Å². The van der Waals surface area contributed by atoms with Crippen LogP contribution in [0, 0.1) is 0 Å². The molecule has 3 aromatic carbocycles. The van der Waals surface area contributed by atoms with E-state index >= 15 is 0 Å². The van der Waals surface area contributed by atoms with Crippen LogP contribution in [0.5, 0.6) is 0 Å². The van der Waals surface area contributed by atoms with Gasteiger partial charge in [0, 0.05) is 17.1 Å². The Balaban J connectivity index is 1.46. The predicted molar refractivity (Wildman–Crippen MR) is 120 cm³/mol. The maximum absolute atomic E-state index is 12.5. The molecule has 7 nitrogen and oxygen atoms in total. The monoisotopic (exact) mass is 446 g/mol. The van der Waals surface area contributed by atoms with Crippen molar-refractivity contribution in [1.82, 2.24) is 20.1 Å². The lowest BCUT2D eigenvalue weighted by atomic mass is 10.2. The van der Waals surface area contributed by atoms with Crippen molar-refractivity contribution in [2.24, 2.45) is 0 Å². The normalized spacial score (nSPS) is 10.5. The zero-order chi connectivity index (χ0) is 22.3. The molecular weight excluding hydrogens is 428 g/mol. The van der Waals surface area contributed by atoms with E-state index in [4.69, 9.17) is 16.3 Å². The van der Waals surface area contributed by atoms with Gasteiger partial charge in [0.15, 0.2) is 12.4 Å². The number of rotatable bonds is 7. The number of hydrogen-bond acceptors (Lipinski definition) is 5. The molecule has 0 aliphatic heterocycles. The molecule has 8 heteroatoms. The van der Waals surface area contributed by atoms with Crippen LogP contribution in [0.4, 0.5) is 0 Å². The largest absolute Gasteiger partial charge is 0.450 e. The Kier molecular flexibility index (Phi) is 6.57. The summed E-state index contributed by atoms with van der Waals surface area (Å²) in [5.41, 5.74) is 2.31. The van der Waals surface area contributed by atoms with Crippen LogP contribution in [0.3, 0.4) is 0 Å². The van der Waals surface area contributed by atoms with Crippen LogP contribution in [0.15, 0.2) is 84.9 Å². The predicted octanol–water partition coefficient (Wildman–Crippen LogP) is 4.06. The Bertz CT molecular complexity index is 1170. The van der Waals surface area contributed by atoms with E-state index in [0.717, 1.165) is 16.8 Å². The van der Waals surface area contributed by atoms with Gasteiger partial charge in [0.25, 0.3) is 11.7 Å². The Morgan fingerprint density at radius 2 is 1.56 bits per heavy atom. The molecule has 0 spiro atoms. The number of aromatic nitrogens is 3. The van der Waals surface area contributed by atoms with Gasteiger partial charge in [-0.3, -0.25) is 4.79 Å². The maximum Gasteiger partial charge on any atom is 0.378 e. The first-order valence-electron chi connectivity index (χ1n) is 9.87. The second-order valence-electron chi connectivity index (χ2n) is 6.82. The number of nitrogens with zero attached hydrogens (tertiary/aromatic N) is 3. The highest BCUT2D eigenvalue weighted by Crippen LogP contribution is 2.21. The fourth-order valence-electron chi connectivity index (χ4n) is 3.00. The van der Waals surface area contributed by atoms with Gasteiger partial charge < -0.3 is 10.1 Å². The third-order valence-electron chi connectivity index (χ3n) is 4.59. The first-order valence-corrected chi connectivity index (χ1v) is 10.2. The minimum Gasteiger partial charge on any atom is -0.450 e. The molecule has 160 valence electrons. The molecule has 0 fully saturated rings. The van der Waals surface area contributed by atoms with Crippen molar-refractivity contribution in [3.63, 3.8) is 0 Å². The van der Waals surface area contributed by atoms with Crippen molar-refractivity contribution in [1.29, 1.82) is 0 Å². The molecule has 4 aromatic rings. The minimum absolute atomic E-state index is 0.133. The lowest BCUT2D eigenvalue weighted by Crippen LogP contribution is -2.28. The fraction of sp³-hybridized carbons (Fsp3) is 0.0833. The summed E-state index contributed by atoms with van der Waals surface area (Å²) in [6.07, 6.45) is 0. The summed E-state index contributed by atoms with van der Waals surface area (Å²) in [5.74, 6) is -0.882. The molecule has 0 bridgehead atoms. The van der Waals surface area contributed by atoms with E-state index in [1.165, 1.54) is 0 Å². The minimum atomic E-state index is -0.787. The molecule has 0 aliphatic carbocycles. The molecule has 1 amide bonds. The molecule has 0 unspecified atom stereocenters. The second-order valence-corrected chi connectivity index (χ2v) is 7.22. The van der Waals surface area contributed by atoms with Crippen LogP contribution >= 0.6 is 11.6 Å². The number of carbonyl (C=O) groups is 2. The number of hydrogen-bond donors (Lipinski definition) is 1. The number of carbonyl (C=O) groups excluding carboxylic acids is 2. The zero-order valence-corrected chi connectivity index (χ0v) is 17.7. The van der Waals surface area contributed by atoms with Crippen LogP contribution < -0.4 is 5.32 Å². The molecule has 1 N–H and O–H groups in total. The highest BCUT2D eigenvalue weighted by atomic mass is 35.5. The summed E-state index contributed by atoms with van der Waals surface area (Å²) in [7, 11) is 0. The van der Waals surface area contributed by atoms with Gasteiger partial charge in [0.1, 0.15) is 0 Å². The lowest BCUT2D eigenvalue weighted by molar-refractivity contribution is -0.124. The van der Waals surface area contributed by atoms with Gasteiger partial charge in [-0.1, -0.05) is 78.3 Å². The Hall–Kier alpha value is -3.97. The average Bonchev–Trinajstić information content (AvgIpc) is 3.29. The van der Waals surface area contributed by atoms with Crippen molar-refractivity contribution in [3.8, 4) is 17.1 Å². The van der Waals surface area contributed by atoms with Crippen LogP contribution in [0.2, 0.25) is 5.02 Å². The zero-order valence-electron chi connectivity index (χ0n) is 16.9. The molecule has 1 heterocycles. The SMILES string of the molecule is O=C(COC(=O)c1nc(-c2ccccc2)n(-c2ccccc2)n1)NCc1ccccc1Cl. The van der Waals surface area contributed by atoms with Crippen molar-refractivity contribution in [2.75, 3.05) is 6.61 Å². The van der Waals surface area contributed by atoms with Gasteiger partial charge >= 0.3 is 5.97 Å². The van der Waals surface area contributed by atoms with Crippen LogP contribution in [0.1, 0.15) is 16.2 Å². The van der Waals surface area contributed by atoms with E-state index in [0.29, 0.717) is 10.8 Å². The fourth-order valence-corrected chi connectivity index (χ4v) is 3.21. The maximum atomic E-state index is 12.5. The number of benzene rings is 3. The van der Waals surface area contributed by atoms with Crippen molar-refractivity contribution < 1.29 is 14.3 Å². The highest BCUT2D eigenvalue weighted by Gasteiger charge is 2.20. The third-order valence-corrected chi connectivity index (χ3v) is 4.96. The molecule has 1 aromatic heterocycles. The summed E-state index contributed by atoms with van der Waals surface area (Å²) in [4.78, 5) is 29.0. The summed E-state index contributed by atoms with van der Waals surface area (Å²) in [6.45, 7) is -0.223. The molecule has 0 saturated heterocycles. The topological polar surface area (TPSA) is 86.1 Å². The molecule has 0 atom stereocenters. The second kappa shape index (κ2) is 9.89. The highest BCUT2D eigenvalue weighted by molar-refractivity contribution is 6.31. The van der Waals surface area contributed by atoms with Crippen LogP contribution in [-0.2, 0) is 16.1 Å². The number of esters is 1. The van der Waals surface area contributed by atoms with Gasteiger partial charge in [-0.15, -0.1) is 5.10 Å². The number of nitrogens with one attached hydrogen (secondary N) is 1. The first kappa shape index (κ1) is 21.3. The van der Waals surface area contributed by atoms with Gasteiger partial charge in [-0.05, 0) is 23.8 Å². The molecule has 0 radical (unpaired) electrons. The van der Waals surface area contributed by atoms with Gasteiger partial charge in [0.2, 0.25) is 0 Å². The molecule has 32 heavy (non-hydrogen) atoms. The standard InChI is InChI=1S/C24H19ClN4O3/c25-20-14-8-7-11-18(20)15-26-21(30)16-32-24(31)22-27-23(17-9-3-1-4-10-17)29(28-22)19-12-5-2-6-13-19/h1-14H,15-16H2,(H,26,30). The Labute approximate surface area is 189 Å². The van der Waals surface area contributed by atoms with E-state index in [9.17, 15) is 9.59 Å². The molecular formula is C24H19ClN4O3. The Morgan fingerprint density at radius 1 is 0.906 bits per heavy atom. The summed E-state index contributed by atoms with van der Waals surface area (Å²) in [5, 5.41) is 7.54. The average molecular weight is 447 g/mol. The van der Waals surface area contributed by atoms with E-state index in [1.54, 1.807) is 22.9 Å². The van der Waals surface area contributed by atoms with Gasteiger partial charge in [-0.25, -0.2) is 14.5 Å². The van der Waals surface area contributed by atoms with Crippen molar-refractivity contribution in [3.05, 3.63) is 101 Å². The third kappa shape index (κ3) is 5.01. The van der Waals surface area contributed by atoms with Crippen molar-refractivity contribution >= 4 is 23.5 Å². The molecule has 0 aliphatic rings. The van der Waals surface area contributed by atoms with Crippen LogP contribution in [0.25, 0.3) is 17.1 Å². The number of amides is 1. The lowest BCUT2D eigenvalue weighted by Gasteiger charge is -2.07. The van der Waals surface area contributed by atoms with Gasteiger partial charge in [-0.2, -0.15) is 0 Å². The smallest absolute Gasteiger partial charge is 0.378 e.